The van der Waals surface area contributed by atoms with E-state index in [1.54, 1.807) is 18.6 Å². The van der Waals surface area contributed by atoms with Crippen molar-refractivity contribution >= 4 is 0 Å². The summed E-state index contributed by atoms with van der Waals surface area (Å²) in [6.07, 6.45) is 11.2. The number of rotatable bonds is 6. The molecule has 0 fully saturated rings. The van der Waals surface area contributed by atoms with Crippen LogP contribution in [-0.2, 0) is 6.42 Å². The first-order chi connectivity index (χ1) is 8.40. The zero-order valence-electron chi connectivity index (χ0n) is 9.76. The molecule has 0 atom stereocenters. The van der Waals surface area contributed by atoms with Gasteiger partial charge in [-0.05, 0) is 19.4 Å². The van der Waals surface area contributed by atoms with Crippen molar-refractivity contribution in [2.75, 3.05) is 6.54 Å². The van der Waals surface area contributed by atoms with Gasteiger partial charge in [0.15, 0.2) is 0 Å². The zero-order valence-corrected chi connectivity index (χ0v) is 9.76. The molecule has 0 aromatic carbocycles. The Morgan fingerprint density at radius 2 is 2.00 bits per heavy atom. The highest BCUT2D eigenvalue weighted by Crippen LogP contribution is 2.13. The molecule has 3 N–H and O–H groups in total. The van der Waals surface area contributed by atoms with Crippen molar-refractivity contribution in [2.45, 2.75) is 25.7 Å². The maximum Gasteiger partial charge on any atom is 0.106 e. The minimum atomic E-state index is 0.767. The summed E-state index contributed by atoms with van der Waals surface area (Å²) in [6, 6.07) is 0. The highest BCUT2D eigenvalue weighted by atomic mass is 14.9. The van der Waals surface area contributed by atoms with Crippen LogP contribution < -0.4 is 5.73 Å². The Morgan fingerprint density at radius 3 is 2.76 bits per heavy atom. The molecule has 2 heterocycles. The van der Waals surface area contributed by atoms with Crippen molar-refractivity contribution in [3.05, 3.63) is 30.6 Å². The lowest BCUT2D eigenvalue weighted by atomic mass is 10.2. The molecule has 5 heteroatoms. The minimum Gasteiger partial charge on any atom is -0.341 e. The molecule has 0 aliphatic heterocycles. The number of imidazole rings is 1. The second-order valence-electron chi connectivity index (χ2n) is 3.93. The van der Waals surface area contributed by atoms with Gasteiger partial charge >= 0.3 is 0 Å². The molecule has 2 aromatic rings. The summed E-state index contributed by atoms with van der Waals surface area (Å²) in [4.78, 5) is 15.9. The van der Waals surface area contributed by atoms with Gasteiger partial charge in [-0.25, -0.2) is 4.98 Å². The van der Waals surface area contributed by atoms with E-state index in [0.717, 1.165) is 49.4 Å². The van der Waals surface area contributed by atoms with Crippen molar-refractivity contribution in [2.24, 2.45) is 5.73 Å². The highest BCUT2D eigenvalue weighted by Gasteiger charge is 2.03. The minimum absolute atomic E-state index is 0.767. The molecule has 0 saturated carbocycles. The molecule has 0 unspecified atom stereocenters. The van der Waals surface area contributed by atoms with Gasteiger partial charge < -0.3 is 10.7 Å². The van der Waals surface area contributed by atoms with Gasteiger partial charge in [0, 0.05) is 18.8 Å². The van der Waals surface area contributed by atoms with Crippen molar-refractivity contribution < 1.29 is 0 Å². The molecular formula is C12H17N5. The van der Waals surface area contributed by atoms with Gasteiger partial charge in [-0.1, -0.05) is 6.42 Å². The van der Waals surface area contributed by atoms with Crippen LogP contribution in [0.15, 0.2) is 24.8 Å². The molecule has 90 valence electrons. The fraction of sp³-hybridized carbons (Fsp3) is 0.417. The molecule has 2 aromatic heterocycles. The summed E-state index contributed by atoms with van der Waals surface area (Å²) < 4.78 is 0. The van der Waals surface area contributed by atoms with Crippen molar-refractivity contribution in [3.8, 4) is 11.4 Å². The van der Waals surface area contributed by atoms with Crippen LogP contribution >= 0.6 is 0 Å². The number of H-pyrrole nitrogens is 1. The summed E-state index contributed by atoms with van der Waals surface area (Å²) in [7, 11) is 0. The standard InChI is InChI=1S/C12H17N5/c13-5-3-1-2-4-12-16-9-11(17-12)10-8-14-6-7-15-10/h6-9H,1-5,13H2,(H,16,17). The van der Waals surface area contributed by atoms with Gasteiger partial charge in [0.1, 0.15) is 11.5 Å². The van der Waals surface area contributed by atoms with Crippen LogP contribution in [0.5, 0.6) is 0 Å². The predicted molar refractivity (Wildman–Crippen MR) is 66.2 cm³/mol. The smallest absolute Gasteiger partial charge is 0.106 e. The van der Waals surface area contributed by atoms with E-state index >= 15 is 0 Å². The summed E-state index contributed by atoms with van der Waals surface area (Å²) in [5.41, 5.74) is 7.20. The van der Waals surface area contributed by atoms with E-state index in [1.165, 1.54) is 0 Å². The number of hydrogen-bond donors (Lipinski definition) is 2. The number of unbranched alkanes of at least 4 members (excludes halogenated alkanes) is 2. The highest BCUT2D eigenvalue weighted by molar-refractivity contribution is 5.51. The fourth-order valence-electron chi connectivity index (χ4n) is 1.67. The van der Waals surface area contributed by atoms with Crippen molar-refractivity contribution in [1.82, 2.24) is 19.9 Å². The lowest BCUT2D eigenvalue weighted by Crippen LogP contribution is -1.98. The van der Waals surface area contributed by atoms with Crippen LogP contribution in [0.1, 0.15) is 25.1 Å². The summed E-state index contributed by atoms with van der Waals surface area (Å²) in [5, 5.41) is 0. The van der Waals surface area contributed by atoms with Gasteiger partial charge in [-0.15, -0.1) is 0 Å². The van der Waals surface area contributed by atoms with Crippen LogP contribution in [0.4, 0.5) is 0 Å². The topological polar surface area (TPSA) is 80.5 Å². The molecule has 0 radical (unpaired) electrons. The number of nitrogens with one attached hydrogen (secondary N) is 1. The second kappa shape index (κ2) is 6.10. The molecule has 0 amide bonds. The number of hydrogen-bond acceptors (Lipinski definition) is 4. The number of nitrogens with two attached hydrogens (primary N) is 1. The Balaban J connectivity index is 1.92. The Morgan fingerprint density at radius 1 is 1.06 bits per heavy atom. The molecule has 17 heavy (non-hydrogen) atoms. The molecule has 0 aliphatic carbocycles. The molecule has 0 spiro atoms. The molecular weight excluding hydrogens is 214 g/mol. The van der Waals surface area contributed by atoms with Gasteiger partial charge in [0.25, 0.3) is 0 Å². The predicted octanol–water partition coefficient (Wildman–Crippen LogP) is 1.54. The zero-order chi connectivity index (χ0) is 11.9. The maximum atomic E-state index is 5.45. The largest absolute Gasteiger partial charge is 0.341 e. The van der Waals surface area contributed by atoms with E-state index < -0.39 is 0 Å². The Hall–Kier alpha value is -1.75. The molecule has 5 nitrogen and oxygen atoms in total. The normalized spacial score (nSPS) is 10.6. The third kappa shape index (κ3) is 3.35. The second-order valence-corrected chi connectivity index (χ2v) is 3.93. The molecule has 0 saturated heterocycles. The van der Waals surface area contributed by atoms with Crippen LogP contribution in [0.3, 0.4) is 0 Å². The van der Waals surface area contributed by atoms with E-state index in [-0.39, 0.29) is 0 Å². The van der Waals surface area contributed by atoms with E-state index in [2.05, 4.69) is 19.9 Å². The monoisotopic (exact) mass is 231 g/mol. The third-order valence-electron chi connectivity index (χ3n) is 2.59. The van der Waals surface area contributed by atoms with E-state index in [9.17, 15) is 0 Å². The Kier molecular flexibility index (Phi) is 4.21. The Labute approximate surface area is 101 Å². The van der Waals surface area contributed by atoms with E-state index in [4.69, 9.17) is 5.73 Å². The third-order valence-corrected chi connectivity index (χ3v) is 2.59. The van der Waals surface area contributed by atoms with Crippen molar-refractivity contribution in [1.29, 1.82) is 0 Å². The maximum absolute atomic E-state index is 5.45. The number of aromatic amines is 1. The average molecular weight is 231 g/mol. The molecule has 0 aliphatic rings. The molecule has 0 bridgehead atoms. The van der Waals surface area contributed by atoms with Crippen LogP contribution in [0.25, 0.3) is 11.4 Å². The summed E-state index contributed by atoms with van der Waals surface area (Å²) in [6.45, 7) is 0.767. The first-order valence-electron chi connectivity index (χ1n) is 5.90. The fourth-order valence-corrected chi connectivity index (χ4v) is 1.67. The Bertz CT molecular complexity index is 437. The summed E-state index contributed by atoms with van der Waals surface area (Å²) >= 11 is 0. The van der Waals surface area contributed by atoms with Gasteiger partial charge in [0.05, 0.1) is 18.1 Å². The van der Waals surface area contributed by atoms with Gasteiger partial charge in [0.2, 0.25) is 0 Å². The lowest BCUT2D eigenvalue weighted by molar-refractivity contribution is 0.673. The quantitative estimate of drug-likeness (QED) is 0.739. The van der Waals surface area contributed by atoms with E-state index in [0.29, 0.717) is 0 Å². The number of aromatic nitrogens is 4. The number of aryl methyl sites for hydroxylation is 1. The lowest BCUT2D eigenvalue weighted by Gasteiger charge is -1.97. The first kappa shape index (κ1) is 11.7. The average Bonchev–Trinajstić information content (AvgIpc) is 2.85. The van der Waals surface area contributed by atoms with Gasteiger partial charge in [-0.2, -0.15) is 0 Å². The SMILES string of the molecule is NCCCCCc1ncc(-c2cnccn2)[nH]1. The van der Waals surface area contributed by atoms with Crippen LogP contribution in [-0.4, -0.2) is 26.5 Å². The summed E-state index contributed by atoms with van der Waals surface area (Å²) in [5.74, 6) is 1.00. The van der Waals surface area contributed by atoms with E-state index in [1.807, 2.05) is 6.20 Å². The first-order valence-corrected chi connectivity index (χ1v) is 5.90. The van der Waals surface area contributed by atoms with Crippen molar-refractivity contribution in [3.63, 3.8) is 0 Å². The van der Waals surface area contributed by atoms with Crippen LogP contribution in [0.2, 0.25) is 0 Å². The van der Waals surface area contributed by atoms with Crippen LogP contribution in [0, 0.1) is 0 Å². The molecule has 2 rings (SSSR count). The van der Waals surface area contributed by atoms with Gasteiger partial charge in [-0.3, -0.25) is 9.97 Å². The number of nitrogens with zero attached hydrogens (tertiary/aromatic N) is 3.